The first-order valence-corrected chi connectivity index (χ1v) is 10.6. The highest BCUT2D eigenvalue weighted by atomic mass is 19.4. The smallest absolute Gasteiger partial charge is 0.364 e. The standard InChI is InChI=1S/C21H21F3N8O/c1-12-6-14(19(27-8-12)32-28-4-5-29-32)20(33)31-11-13-2-3-16(31)15(7-13)30-18-10-25-17(9-26-18)21(22,23)24/h4-6,8-10,13,15-16H,2-3,7,11H2,1H3,(H,26,30). The number of pyridine rings is 1. The van der Waals surface area contributed by atoms with Gasteiger partial charge in [0.2, 0.25) is 0 Å². The summed E-state index contributed by atoms with van der Waals surface area (Å²) in [4.78, 5) is 28.5. The van der Waals surface area contributed by atoms with Crippen LogP contribution in [0.1, 0.15) is 40.9 Å². The number of hydrogen-bond donors (Lipinski definition) is 1. The monoisotopic (exact) mass is 458 g/mol. The van der Waals surface area contributed by atoms with Gasteiger partial charge in [-0.25, -0.2) is 15.0 Å². The highest BCUT2D eigenvalue weighted by molar-refractivity contribution is 5.97. The maximum absolute atomic E-state index is 13.6. The molecule has 3 atom stereocenters. The van der Waals surface area contributed by atoms with Gasteiger partial charge in [-0.1, -0.05) is 0 Å². The fourth-order valence-electron chi connectivity index (χ4n) is 4.68. The Balaban J connectivity index is 1.39. The van der Waals surface area contributed by atoms with Crippen LogP contribution in [0.5, 0.6) is 0 Å². The van der Waals surface area contributed by atoms with Gasteiger partial charge in [-0.15, -0.1) is 4.80 Å². The minimum atomic E-state index is -4.54. The number of anilines is 1. The molecule has 172 valence electrons. The van der Waals surface area contributed by atoms with E-state index in [0.717, 1.165) is 31.0 Å². The van der Waals surface area contributed by atoms with Crippen LogP contribution in [0.4, 0.5) is 19.0 Å². The van der Waals surface area contributed by atoms with Crippen molar-refractivity contribution in [3.05, 3.63) is 53.9 Å². The second-order valence-corrected chi connectivity index (χ2v) is 8.44. The van der Waals surface area contributed by atoms with Crippen LogP contribution in [-0.2, 0) is 6.18 Å². The Morgan fingerprint density at radius 3 is 2.55 bits per heavy atom. The van der Waals surface area contributed by atoms with E-state index in [1.807, 2.05) is 11.8 Å². The van der Waals surface area contributed by atoms with Crippen LogP contribution >= 0.6 is 0 Å². The molecule has 2 aliphatic heterocycles. The van der Waals surface area contributed by atoms with Crippen LogP contribution < -0.4 is 5.32 Å². The number of amides is 1. The van der Waals surface area contributed by atoms with Gasteiger partial charge in [0.05, 0.1) is 36.4 Å². The fourth-order valence-corrected chi connectivity index (χ4v) is 4.68. The van der Waals surface area contributed by atoms with E-state index in [2.05, 4.69) is 30.5 Å². The van der Waals surface area contributed by atoms with E-state index in [1.54, 1.807) is 12.3 Å². The van der Waals surface area contributed by atoms with Gasteiger partial charge in [0.1, 0.15) is 5.82 Å². The molecule has 9 nitrogen and oxygen atoms in total. The Labute approximate surface area is 187 Å². The first-order valence-electron chi connectivity index (χ1n) is 10.6. The van der Waals surface area contributed by atoms with Gasteiger partial charge in [0.25, 0.3) is 5.91 Å². The van der Waals surface area contributed by atoms with Gasteiger partial charge in [0.15, 0.2) is 11.5 Å². The molecule has 1 aliphatic carbocycles. The number of nitrogens with one attached hydrogen (secondary N) is 1. The minimum Gasteiger partial charge on any atom is -0.364 e. The van der Waals surface area contributed by atoms with E-state index in [9.17, 15) is 18.0 Å². The van der Waals surface area contributed by atoms with Crippen LogP contribution in [0.3, 0.4) is 0 Å². The van der Waals surface area contributed by atoms with Crippen LogP contribution in [0.15, 0.2) is 37.1 Å². The number of carbonyl (C=O) groups is 1. The van der Waals surface area contributed by atoms with E-state index < -0.39 is 11.9 Å². The molecule has 0 aromatic carbocycles. The number of rotatable bonds is 4. The van der Waals surface area contributed by atoms with Crippen LogP contribution in [0.25, 0.3) is 5.82 Å². The predicted molar refractivity (Wildman–Crippen MR) is 111 cm³/mol. The van der Waals surface area contributed by atoms with Crippen molar-refractivity contribution in [3.8, 4) is 5.82 Å². The SMILES string of the molecule is Cc1cnc(-n2nccn2)c(C(=O)N2CC3CCC2C(Nc2cnc(C(F)(F)F)cn2)C3)c1. The Morgan fingerprint density at radius 2 is 1.88 bits per heavy atom. The molecular formula is C21H21F3N8O. The van der Waals surface area contributed by atoms with E-state index in [0.29, 0.717) is 24.1 Å². The second-order valence-electron chi connectivity index (χ2n) is 8.44. The molecule has 2 saturated heterocycles. The Kier molecular flexibility index (Phi) is 5.22. The third kappa shape index (κ3) is 4.12. The summed E-state index contributed by atoms with van der Waals surface area (Å²) in [5.74, 6) is 0.725. The summed E-state index contributed by atoms with van der Waals surface area (Å²) in [5.41, 5.74) is 0.208. The van der Waals surface area contributed by atoms with Gasteiger partial charge in [-0.05, 0) is 43.7 Å². The molecule has 5 heterocycles. The number of nitrogens with zero attached hydrogens (tertiary/aromatic N) is 7. The molecule has 12 heteroatoms. The van der Waals surface area contributed by atoms with Crippen LogP contribution in [-0.4, -0.2) is 59.4 Å². The Hall–Kier alpha value is -3.57. The van der Waals surface area contributed by atoms with Crippen molar-refractivity contribution in [2.45, 2.75) is 44.4 Å². The van der Waals surface area contributed by atoms with Gasteiger partial charge in [-0.2, -0.15) is 23.4 Å². The highest BCUT2D eigenvalue weighted by Gasteiger charge is 2.44. The summed E-state index contributed by atoms with van der Waals surface area (Å²) in [5, 5.41) is 11.4. The molecule has 2 bridgehead atoms. The molecule has 3 fully saturated rings. The minimum absolute atomic E-state index is 0.134. The van der Waals surface area contributed by atoms with Crippen molar-refractivity contribution >= 4 is 11.7 Å². The fraction of sp³-hybridized carbons (Fsp3) is 0.429. The highest BCUT2D eigenvalue weighted by Crippen LogP contribution is 2.38. The van der Waals surface area contributed by atoms with Crippen LogP contribution in [0, 0.1) is 12.8 Å². The lowest BCUT2D eigenvalue weighted by molar-refractivity contribution is -0.141. The number of halogens is 3. The number of hydrogen-bond acceptors (Lipinski definition) is 7. The first-order chi connectivity index (χ1) is 15.8. The van der Waals surface area contributed by atoms with E-state index >= 15 is 0 Å². The third-order valence-corrected chi connectivity index (χ3v) is 6.16. The van der Waals surface area contributed by atoms with E-state index in [1.165, 1.54) is 17.2 Å². The lowest BCUT2D eigenvalue weighted by Gasteiger charge is -2.50. The molecule has 1 saturated carbocycles. The first kappa shape index (κ1) is 21.3. The van der Waals surface area contributed by atoms with Gasteiger partial charge < -0.3 is 10.2 Å². The van der Waals surface area contributed by atoms with Gasteiger partial charge in [0, 0.05) is 18.8 Å². The largest absolute Gasteiger partial charge is 0.434 e. The Morgan fingerprint density at radius 1 is 1.09 bits per heavy atom. The number of piperidine rings is 2. The number of fused-ring (bicyclic) bond motifs is 3. The number of alkyl halides is 3. The number of aryl methyl sites for hydroxylation is 1. The van der Waals surface area contributed by atoms with Crippen molar-refractivity contribution in [1.82, 2.24) is 34.8 Å². The number of carbonyl (C=O) groups excluding carboxylic acids is 1. The van der Waals surface area contributed by atoms with Crippen molar-refractivity contribution < 1.29 is 18.0 Å². The molecular weight excluding hydrogens is 437 g/mol. The lowest BCUT2D eigenvalue weighted by Crippen LogP contribution is -2.60. The zero-order valence-electron chi connectivity index (χ0n) is 17.7. The third-order valence-electron chi connectivity index (χ3n) is 6.16. The maximum Gasteiger partial charge on any atom is 0.434 e. The second kappa shape index (κ2) is 8.09. The predicted octanol–water partition coefficient (Wildman–Crippen LogP) is 2.88. The molecule has 3 unspecified atom stereocenters. The van der Waals surface area contributed by atoms with Crippen LogP contribution in [0.2, 0.25) is 0 Å². The summed E-state index contributed by atoms with van der Waals surface area (Å²) in [6.45, 7) is 2.47. The number of aromatic nitrogens is 6. The van der Waals surface area contributed by atoms with Gasteiger partial charge >= 0.3 is 6.18 Å². The van der Waals surface area contributed by atoms with E-state index in [4.69, 9.17) is 0 Å². The van der Waals surface area contributed by atoms with Gasteiger partial charge in [-0.3, -0.25) is 4.79 Å². The molecule has 6 rings (SSSR count). The van der Waals surface area contributed by atoms with Crippen molar-refractivity contribution in [2.24, 2.45) is 5.92 Å². The zero-order valence-corrected chi connectivity index (χ0v) is 17.7. The van der Waals surface area contributed by atoms with Crippen molar-refractivity contribution in [2.75, 3.05) is 11.9 Å². The normalized spacial score (nSPS) is 22.4. The molecule has 3 aromatic heterocycles. The summed E-state index contributed by atoms with van der Waals surface area (Å²) >= 11 is 0. The molecule has 33 heavy (non-hydrogen) atoms. The average Bonchev–Trinajstić information content (AvgIpc) is 3.33. The molecule has 1 amide bonds. The zero-order chi connectivity index (χ0) is 23.2. The van der Waals surface area contributed by atoms with Crippen molar-refractivity contribution in [3.63, 3.8) is 0 Å². The molecule has 1 N–H and O–H groups in total. The maximum atomic E-state index is 13.6. The summed E-state index contributed by atoms with van der Waals surface area (Å²) in [7, 11) is 0. The quantitative estimate of drug-likeness (QED) is 0.642. The topological polar surface area (TPSA) is 102 Å². The summed E-state index contributed by atoms with van der Waals surface area (Å²) in [6.07, 6.45) is 4.54. The van der Waals surface area contributed by atoms with E-state index in [-0.39, 0.29) is 29.7 Å². The molecule has 0 spiro atoms. The average molecular weight is 458 g/mol. The Bertz CT molecular complexity index is 1150. The molecule has 3 aromatic rings. The molecule has 0 radical (unpaired) electrons. The molecule has 3 aliphatic rings. The lowest BCUT2D eigenvalue weighted by atomic mass is 9.76. The summed E-state index contributed by atoms with van der Waals surface area (Å²) in [6, 6.07) is 1.50. The summed E-state index contributed by atoms with van der Waals surface area (Å²) < 4.78 is 38.3. The van der Waals surface area contributed by atoms with Crippen molar-refractivity contribution in [1.29, 1.82) is 0 Å².